The summed E-state index contributed by atoms with van der Waals surface area (Å²) in [7, 11) is 0. The number of aryl methyl sites for hydroxylation is 1. The summed E-state index contributed by atoms with van der Waals surface area (Å²) in [5, 5.41) is 4.53. The molecule has 18 heavy (non-hydrogen) atoms. The molecule has 2 rings (SSSR count). The van der Waals surface area contributed by atoms with Gasteiger partial charge in [0.15, 0.2) is 0 Å². The van der Waals surface area contributed by atoms with Gasteiger partial charge in [0.05, 0.1) is 5.39 Å². The van der Waals surface area contributed by atoms with Gasteiger partial charge in [-0.2, -0.15) is 0 Å². The van der Waals surface area contributed by atoms with Crippen LogP contribution in [-0.4, -0.2) is 36.1 Å². The zero-order valence-corrected chi connectivity index (χ0v) is 12.0. The summed E-state index contributed by atoms with van der Waals surface area (Å²) in [4.78, 5) is 13.5. The van der Waals surface area contributed by atoms with Crippen LogP contribution < -0.4 is 10.2 Å². The Morgan fingerprint density at radius 2 is 2.17 bits per heavy atom. The molecule has 0 saturated heterocycles. The lowest BCUT2D eigenvalue weighted by Gasteiger charge is -2.22. The fourth-order valence-corrected chi connectivity index (χ4v) is 2.86. The van der Waals surface area contributed by atoms with E-state index in [0.717, 1.165) is 36.8 Å². The summed E-state index contributed by atoms with van der Waals surface area (Å²) in [6.07, 6.45) is 1.67. The van der Waals surface area contributed by atoms with Crippen molar-refractivity contribution in [3.8, 4) is 0 Å². The maximum Gasteiger partial charge on any atom is 0.140 e. The number of hydrogen-bond donors (Lipinski definition) is 1. The molecule has 2 heterocycles. The first-order chi connectivity index (χ1) is 8.76. The minimum Gasteiger partial charge on any atom is -0.355 e. The molecule has 0 unspecified atom stereocenters. The predicted molar refractivity (Wildman–Crippen MR) is 78.6 cm³/mol. The number of likely N-dealkylation sites (N-methyl/N-ethyl adjacent to an activating group) is 2. The monoisotopic (exact) mass is 264 g/mol. The van der Waals surface area contributed by atoms with E-state index in [9.17, 15) is 0 Å². The lowest BCUT2D eigenvalue weighted by atomic mass is 10.3. The molecular formula is C13H20N4S. The second-order valence-electron chi connectivity index (χ2n) is 4.21. The number of nitrogens with zero attached hydrogens (tertiary/aromatic N) is 3. The van der Waals surface area contributed by atoms with E-state index in [0.29, 0.717) is 0 Å². The first kappa shape index (κ1) is 13.2. The molecule has 2 aromatic rings. The highest BCUT2D eigenvalue weighted by atomic mass is 32.1. The summed E-state index contributed by atoms with van der Waals surface area (Å²) in [6.45, 7) is 10.3. The van der Waals surface area contributed by atoms with Crippen molar-refractivity contribution in [2.24, 2.45) is 0 Å². The Labute approximate surface area is 112 Å². The molecule has 0 atom stereocenters. The third-order valence-corrected chi connectivity index (χ3v) is 3.88. The zero-order valence-electron chi connectivity index (χ0n) is 11.2. The fraction of sp³-hybridized carbons (Fsp3) is 0.538. The molecule has 0 fully saturated rings. The number of hydrogen-bond acceptors (Lipinski definition) is 5. The largest absolute Gasteiger partial charge is 0.355 e. The highest BCUT2D eigenvalue weighted by molar-refractivity contribution is 7.18. The van der Waals surface area contributed by atoms with Crippen molar-refractivity contribution < 1.29 is 0 Å². The quantitative estimate of drug-likeness (QED) is 0.814. The molecule has 0 spiro atoms. The van der Waals surface area contributed by atoms with Crippen LogP contribution in [0, 0.1) is 6.92 Å². The Kier molecular flexibility index (Phi) is 4.49. The van der Waals surface area contributed by atoms with Crippen LogP contribution in [0.25, 0.3) is 10.2 Å². The van der Waals surface area contributed by atoms with Gasteiger partial charge in [-0.15, -0.1) is 11.3 Å². The molecule has 98 valence electrons. The van der Waals surface area contributed by atoms with E-state index in [-0.39, 0.29) is 0 Å². The highest BCUT2D eigenvalue weighted by Gasteiger charge is 2.12. The van der Waals surface area contributed by atoms with E-state index in [2.05, 4.69) is 47.0 Å². The van der Waals surface area contributed by atoms with Crippen molar-refractivity contribution in [1.82, 2.24) is 15.3 Å². The first-order valence-corrected chi connectivity index (χ1v) is 7.24. The topological polar surface area (TPSA) is 41.0 Å². The van der Waals surface area contributed by atoms with Crippen LogP contribution in [0.5, 0.6) is 0 Å². The Morgan fingerprint density at radius 1 is 1.33 bits per heavy atom. The summed E-state index contributed by atoms with van der Waals surface area (Å²) in [5.74, 6) is 1.06. The number of nitrogens with one attached hydrogen (secondary N) is 1. The van der Waals surface area contributed by atoms with E-state index in [1.165, 1.54) is 10.3 Å². The van der Waals surface area contributed by atoms with Gasteiger partial charge in [0.1, 0.15) is 17.0 Å². The van der Waals surface area contributed by atoms with E-state index in [1.54, 1.807) is 17.7 Å². The molecule has 0 radical (unpaired) electrons. The summed E-state index contributed by atoms with van der Waals surface area (Å²) in [6, 6.07) is 2.19. The van der Waals surface area contributed by atoms with Crippen LogP contribution >= 0.6 is 11.3 Å². The summed E-state index contributed by atoms with van der Waals surface area (Å²) < 4.78 is 0. The lowest BCUT2D eigenvalue weighted by Crippen LogP contribution is -2.32. The Morgan fingerprint density at radius 3 is 2.89 bits per heavy atom. The van der Waals surface area contributed by atoms with Gasteiger partial charge in [0.25, 0.3) is 0 Å². The Hall–Kier alpha value is -1.20. The molecular weight excluding hydrogens is 244 g/mol. The van der Waals surface area contributed by atoms with Crippen LogP contribution in [-0.2, 0) is 0 Å². The average Bonchev–Trinajstić information content (AvgIpc) is 2.75. The van der Waals surface area contributed by atoms with Crippen LogP contribution in [0.2, 0.25) is 0 Å². The van der Waals surface area contributed by atoms with Crippen LogP contribution in [0.15, 0.2) is 12.4 Å². The van der Waals surface area contributed by atoms with Gasteiger partial charge in [-0.1, -0.05) is 6.92 Å². The number of aromatic nitrogens is 2. The SMILES string of the molecule is CCNCCN(CC)c1ncnc2sc(C)cc12. The number of anilines is 1. The second-order valence-corrected chi connectivity index (χ2v) is 5.44. The molecule has 0 aromatic carbocycles. The minimum atomic E-state index is 0.965. The Balaban J connectivity index is 2.26. The first-order valence-electron chi connectivity index (χ1n) is 6.43. The maximum atomic E-state index is 4.46. The molecule has 4 nitrogen and oxygen atoms in total. The molecule has 5 heteroatoms. The highest BCUT2D eigenvalue weighted by Crippen LogP contribution is 2.29. The van der Waals surface area contributed by atoms with Crippen molar-refractivity contribution in [2.45, 2.75) is 20.8 Å². The molecule has 0 aliphatic carbocycles. The molecule has 0 aliphatic heterocycles. The van der Waals surface area contributed by atoms with Gasteiger partial charge in [0.2, 0.25) is 0 Å². The predicted octanol–water partition coefficient (Wildman–Crippen LogP) is 2.44. The average molecular weight is 264 g/mol. The Bertz CT molecular complexity index is 509. The molecule has 0 bridgehead atoms. The van der Waals surface area contributed by atoms with Crippen LogP contribution in [0.1, 0.15) is 18.7 Å². The van der Waals surface area contributed by atoms with Gasteiger partial charge in [-0.3, -0.25) is 0 Å². The van der Waals surface area contributed by atoms with Gasteiger partial charge in [-0.25, -0.2) is 9.97 Å². The van der Waals surface area contributed by atoms with E-state index in [4.69, 9.17) is 0 Å². The van der Waals surface area contributed by atoms with Gasteiger partial charge >= 0.3 is 0 Å². The smallest absolute Gasteiger partial charge is 0.140 e. The number of thiophene rings is 1. The number of fused-ring (bicyclic) bond motifs is 1. The van der Waals surface area contributed by atoms with Crippen LogP contribution in [0.3, 0.4) is 0 Å². The summed E-state index contributed by atoms with van der Waals surface area (Å²) >= 11 is 1.73. The lowest BCUT2D eigenvalue weighted by molar-refractivity contribution is 0.685. The van der Waals surface area contributed by atoms with Crippen molar-refractivity contribution >= 4 is 27.4 Å². The minimum absolute atomic E-state index is 0.965. The molecule has 1 N–H and O–H groups in total. The van der Waals surface area contributed by atoms with E-state index >= 15 is 0 Å². The van der Waals surface area contributed by atoms with Crippen molar-refractivity contribution in [3.63, 3.8) is 0 Å². The maximum absolute atomic E-state index is 4.46. The second kappa shape index (κ2) is 6.11. The van der Waals surface area contributed by atoms with Crippen molar-refractivity contribution in [3.05, 3.63) is 17.3 Å². The number of rotatable bonds is 6. The fourth-order valence-electron chi connectivity index (χ4n) is 2.02. The normalized spacial score (nSPS) is 11.1. The molecule has 0 saturated carbocycles. The van der Waals surface area contributed by atoms with E-state index in [1.807, 2.05) is 0 Å². The van der Waals surface area contributed by atoms with E-state index < -0.39 is 0 Å². The zero-order chi connectivity index (χ0) is 13.0. The standard InChI is InChI=1S/C13H20N4S/c1-4-14-6-7-17(5-2)12-11-8-10(3)18-13(11)16-9-15-12/h8-9,14H,4-7H2,1-3H3. The van der Waals surface area contributed by atoms with Gasteiger partial charge in [-0.05, 0) is 26.5 Å². The molecule has 0 aliphatic rings. The third kappa shape index (κ3) is 2.79. The van der Waals surface area contributed by atoms with Crippen LogP contribution in [0.4, 0.5) is 5.82 Å². The van der Waals surface area contributed by atoms with Crippen molar-refractivity contribution in [1.29, 1.82) is 0 Å². The summed E-state index contributed by atoms with van der Waals surface area (Å²) in [5.41, 5.74) is 0. The van der Waals surface area contributed by atoms with Gasteiger partial charge < -0.3 is 10.2 Å². The van der Waals surface area contributed by atoms with Gasteiger partial charge in [0, 0.05) is 24.5 Å². The molecule has 2 aromatic heterocycles. The molecule has 0 amide bonds. The third-order valence-electron chi connectivity index (χ3n) is 2.92. The van der Waals surface area contributed by atoms with Crippen molar-refractivity contribution in [2.75, 3.05) is 31.1 Å².